The summed E-state index contributed by atoms with van der Waals surface area (Å²) in [6.45, 7) is 3.58. The van der Waals surface area contributed by atoms with E-state index in [4.69, 9.17) is 10.2 Å². The number of rotatable bonds is 2. The third-order valence-electron chi connectivity index (χ3n) is 3.27. The van der Waals surface area contributed by atoms with Crippen LogP contribution in [0.4, 0.5) is 0 Å². The lowest BCUT2D eigenvalue weighted by atomic mass is 9.94. The largest absolute Gasteiger partial charge is 0.478 e. The number of allylic oxidation sites excluding steroid dienone is 2. The van der Waals surface area contributed by atoms with Crippen LogP contribution in [0.15, 0.2) is 21.6 Å². The van der Waals surface area contributed by atoms with Crippen LogP contribution >= 0.6 is 11.8 Å². The summed E-state index contributed by atoms with van der Waals surface area (Å²) in [6.07, 6.45) is 0.463. The lowest BCUT2D eigenvalue weighted by Crippen LogP contribution is -2.08. The summed E-state index contributed by atoms with van der Waals surface area (Å²) in [4.78, 5) is 22.3. The molecule has 1 heterocycles. The molecule has 0 saturated heterocycles. The van der Waals surface area contributed by atoms with Crippen LogP contribution in [0.5, 0.6) is 0 Å². The van der Waals surface area contributed by atoms with Crippen molar-refractivity contribution in [1.82, 2.24) is 0 Å². The lowest BCUT2D eigenvalue weighted by molar-refractivity contribution is -0.133. The van der Waals surface area contributed by atoms with Gasteiger partial charge < -0.3 is 10.2 Å². The maximum absolute atomic E-state index is 11.0. The Morgan fingerprint density at radius 1 is 1.19 bits per heavy atom. The van der Waals surface area contributed by atoms with Gasteiger partial charge in [-0.05, 0) is 25.8 Å². The van der Waals surface area contributed by atoms with Crippen LogP contribution in [-0.4, -0.2) is 27.4 Å². The quantitative estimate of drug-likeness (QED) is 0.770. The van der Waals surface area contributed by atoms with E-state index >= 15 is 0 Å². The molecule has 1 aliphatic heterocycles. The first-order chi connectivity index (χ1) is 7.43. The average Bonchev–Trinajstić information content (AvgIpc) is 2.66. The highest BCUT2D eigenvalue weighted by atomic mass is 32.2. The topological polar surface area (TPSA) is 74.6 Å². The van der Waals surface area contributed by atoms with Gasteiger partial charge in [0.2, 0.25) is 0 Å². The second kappa shape index (κ2) is 3.66. The molecule has 0 spiro atoms. The minimum absolute atomic E-state index is 0.00204. The summed E-state index contributed by atoms with van der Waals surface area (Å²) >= 11 is 1.30. The minimum Gasteiger partial charge on any atom is -0.478 e. The summed E-state index contributed by atoms with van der Waals surface area (Å²) in [7, 11) is 0. The van der Waals surface area contributed by atoms with Gasteiger partial charge in [0, 0.05) is 16.7 Å². The first-order valence-corrected chi connectivity index (χ1v) is 5.85. The Kier molecular flexibility index (Phi) is 2.58. The van der Waals surface area contributed by atoms with E-state index in [0.717, 1.165) is 11.1 Å². The van der Waals surface area contributed by atoms with Gasteiger partial charge in [0.05, 0.1) is 4.91 Å². The molecule has 0 aromatic rings. The Bertz CT molecular complexity index is 407. The fourth-order valence-electron chi connectivity index (χ4n) is 2.52. The zero-order chi connectivity index (χ0) is 12.0. The SMILES string of the molecule is CC1=C(C(=O)O)CC2SC(C(=O)O)=C(C)C12. The number of hydrogen-bond acceptors (Lipinski definition) is 3. The summed E-state index contributed by atoms with van der Waals surface area (Å²) in [5.41, 5.74) is 2.07. The van der Waals surface area contributed by atoms with Crippen molar-refractivity contribution in [2.75, 3.05) is 0 Å². The fraction of sp³-hybridized carbons (Fsp3) is 0.455. The minimum atomic E-state index is -0.901. The van der Waals surface area contributed by atoms with Crippen molar-refractivity contribution < 1.29 is 19.8 Å². The molecule has 2 rings (SSSR count). The third kappa shape index (κ3) is 1.46. The van der Waals surface area contributed by atoms with Gasteiger partial charge in [0.15, 0.2) is 0 Å². The van der Waals surface area contributed by atoms with E-state index in [1.807, 2.05) is 0 Å². The Hall–Kier alpha value is -1.23. The summed E-state index contributed by atoms with van der Waals surface area (Å²) < 4.78 is 0. The molecule has 1 aliphatic carbocycles. The van der Waals surface area contributed by atoms with Gasteiger partial charge in [-0.1, -0.05) is 5.57 Å². The summed E-state index contributed by atoms with van der Waals surface area (Å²) in [5, 5.41) is 18.1. The molecule has 2 aliphatic rings. The Morgan fingerprint density at radius 3 is 2.25 bits per heavy atom. The van der Waals surface area contributed by atoms with E-state index in [1.54, 1.807) is 13.8 Å². The second-order valence-electron chi connectivity index (χ2n) is 4.12. The van der Waals surface area contributed by atoms with Crippen molar-refractivity contribution >= 4 is 23.7 Å². The molecule has 0 bridgehead atoms. The van der Waals surface area contributed by atoms with Gasteiger partial charge in [-0.2, -0.15) is 0 Å². The molecule has 5 heteroatoms. The number of carboxylic acid groups (broad SMARTS) is 2. The molecule has 86 valence electrons. The molecule has 0 aromatic heterocycles. The normalized spacial score (nSPS) is 28.6. The first kappa shape index (κ1) is 11.3. The number of fused-ring (bicyclic) bond motifs is 1. The van der Waals surface area contributed by atoms with Crippen molar-refractivity contribution in [2.24, 2.45) is 5.92 Å². The van der Waals surface area contributed by atoms with Crippen molar-refractivity contribution in [3.8, 4) is 0 Å². The van der Waals surface area contributed by atoms with Crippen LogP contribution in [-0.2, 0) is 9.59 Å². The van der Waals surface area contributed by atoms with Crippen molar-refractivity contribution in [3.63, 3.8) is 0 Å². The Balaban J connectivity index is 2.40. The van der Waals surface area contributed by atoms with Gasteiger partial charge >= 0.3 is 11.9 Å². The predicted octanol–water partition coefficient (Wildman–Crippen LogP) is 1.88. The number of aliphatic carboxylic acids is 2. The predicted molar refractivity (Wildman–Crippen MR) is 60.2 cm³/mol. The van der Waals surface area contributed by atoms with Gasteiger partial charge in [-0.25, -0.2) is 9.59 Å². The van der Waals surface area contributed by atoms with Gasteiger partial charge in [-0.3, -0.25) is 0 Å². The van der Waals surface area contributed by atoms with Crippen LogP contribution in [0.3, 0.4) is 0 Å². The molecule has 2 N–H and O–H groups in total. The molecule has 2 atom stereocenters. The number of carbonyl (C=O) groups is 2. The maximum atomic E-state index is 11.0. The summed E-state index contributed by atoms with van der Waals surface area (Å²) in [5.74, 6) is -1.78. The molecule has 0 saturated carbocycles. The first-order valence-electron chi connectivity index (χ1n) is 4.97. The monoisotopic (exact) mass is 240 g/mol. The van der Waals surface area contributed by atoms with Crippen LogP contribution in [0, 0.1) is 5.92 Å². The lowest BCUT2D eigenvalue weighted by Gasteiger charge is -2.11. The second-order valence-corrected chi connectivity index (χ2v) is 5.37. The molecule has 2 unspecified atom stereocenters. The van der Waals surface area contributed by atoms with Crippen LogP contribution < -0.4 is 0 Å². The van der Waals surface area contributed by atoms with Crippen LogP contribution in [0.25, 0.3) is 0 Å². The van der Waals surface area contributed by atoms with Crippen molar-refractivity contribution in [1.29, 1.82) is 0 Å². The van der Waals surface area contributed by atoms with E-state index in [-0.39, 0.29) is 11.2 Å². The van der Waals surface area contributed by atoms with Gasteiger partial charge in [0.25, 0.3) is 0 Å². The van der Waals surface area contributed by atoms with E-state index in [9.17, 15) is 9.59 Å². The van der Waals surface area contributed by atoms with E-state index in [1.165, 1.54) is 11.8 Å². The third-order valence-corrected chi connectivity index (χ3v) is 4.74. The molecular formula is C11H12O4S. The molecular weight excluding hydrogens is 228 g/mol. The molecule has 0 aromatic carbocycles. The maximum Gasteiger partial charge on any atom is 0.342 e. The van der Waals surface area contributed by atoms with E-state index in [0.29, 0.717) is 16.9 Å². The van der Waals surface area contributed by atoms with Crippen LogP contribution in [0.1, 0.15) is 20.3 Å². The van der Waals surface area contributed by atoms with Crippen LogP contribution in [0.2, 0.25) is 0 Å². The average molecular weight is 240 g/mol. The molecule has 0 radical (unpaired) electrons. The fourth-order valence-corrected chi connectivity index (χ4v) is 4.03. The van der Waals surface area contributed by atoms with Gasteiger partial charge in [0.1, 0.15) is 0 Å². The highest BCUT2D eigenvalue weighted by Crippen LogP contribution is 2.52. The molecule has 4 nitrogen and oxygen atoms in total. The van der Waals surface area contributed by atoms with Crippen molar-refractivity contribution in [2.45, 2.75) is 25.5 Å². The standard InChI is InChI=1S/C11H12O4S/c1-4-6(10(12)13)3-7-8(4)5(2)9(16-7)11(14)15/h7-8H,3H2,1-2H3,(H,12,13)(H,14,15). The van der Waals surface area contributed by atoms with E-state index in [2.05, 4.69) is 0 Å². The Labute approximate surface area is 97.0 Å². The zero-order valence-corrected chi connectivity index (χ0v) is 9.80. The molecule has 0 fully saturated rings. The van der Waals surface area contributed by atoms with E-state index < -0.39 is 11.9 Å². The smallest absolute Gasteiger partial charge is 0.342 e. The number of thioether (sulfide) groups is 1. The highest BCUT2D eigenvalue weighted by molar-refractivity contribution is 8.04. The Morgan fingerprint density at radius 2 is 1.81 bits per heavy atom. The highest BCUT2D eigenvalue weighted by Gasteiger charge is 2.43. The summed E-state index contributed by atoms with van der Waals surface area (Å²) in [6, 6.07) is 0. The number of carboxylic acids is 2. The zero-order valence-electron chi connectivity index (χ0n) is 8.98. The van der Waals surface area contributed by atoms with Gasteiger partial charge in [-0.15, -0.1) is 11.8 Å². The molecule has 0 amide bonds. The molecule has 16 heavy (non-hydrogen) atoms. The number of hydrogen-bond donors (Lipinski definition) is 2. The van der Waals surface area contributed by atoms with Crippen molar-refractivity contribution in [3.05, 3.63) is 21.6 Å².